The fourth-order valence-corrected chi connectivity index (χ4v) is 3.68. The van der Waals surface area contributed by atoms with Crippen LogP contribution in [0.25, 0.3) is 0 Å². The van der Waals surface area contributed by atoms with E-state index in [1.807, 2.05) is 25.1 Å². The lowest BCUT2D eigenvalue weighted by atomic mass is 10.2. The van der Waals surface area contributed by atoms with Crippen molar-refractivity contribution in [3.8, 4) is 5.75 Å². The molecule has 0 saturated heterocycles. The normalized spacial score (nSPS) is 10.6. The smallest absolute Gasteiger partial charge is 0.262 e. The quantitative estimate of drug-likeness (QED) is 0.261. The highest BCUT2D eigenvalue weighted by atomic mass is 127. The van der Waals surface area contributed by atoms with Crippen molar-refractivity contribution in [3.63, 3.8) is 0 Å². The SMILES string of the molecule is Cc1cc(I)ccc1NC(=O)COc1c(Cl)c(Cl)c(Cl)c(Cl)c1Cl. The van der Waals surface area contributed by atoms with Gasteiger partial charge < -0.3 is 10.1 Å². The first-order chi connectivity index (χ1) is 11.2. The van der Waals surface area contributed by atoms with E-state index < -0.39 is 0 Å². The summed E-state index contributed by atoms with van der Waals surface area (Å²) < 4.78 is 6.45. The van der Waals surface area contributed by atoms with Gasteiger partial charge in [-0.25, -0.2) is 0 Å². The lowest BCUT2D eigenvalue weighted by Crippen LogP contribution is -2.21. The lowest BCUT2D eigenvalue weighted by Gasteiger charge is -2.14. The number of nitrogens with one attached hydrogen (secondary N) is 1. The van der Waals surface area contributed by atoms with Crippen LogP contribution in [0.5, 0.6) is 5.75 Å². The van der Waals surface area contributed by atoms with E-state index in [2.05, 4.69) is 27.9 Å². The van der Waals surface area contributed by atoms with Gasteiger partial charge in [-0.1, -0.05) is 58.0 Å². The number of carbonyl (C=O) groups excluding carboxylic acids is 1. The highest BCUT2D eigenvalue weighted by Crippen LogP contribution is 2.48. The summed E-state index contributed by atoms with van der Waals surface area (Å²) in [5.41, 5.74) is 1.62. The highest BCUT2D eigenvalue weighted by molar-refractivity contribution is 14.1. The second kappa shape index (κ2) is 8.52. The monoisotopic (exact) mass is 537 g/mol. The number of halogens is 6. The molecular formula is C15H9Cl5INO2. The molecule has 24 heavy (non-hydrogen) atoms. The number of hydrogen-bond donors (Lipinski definition) is 1. The second-order valence-corrected chi connectivity index (χ2v) is 7.83. The minimum absolute atomic E-state index is 0.00527. The van der Waals surface area contributed by atoms with Gasteiger partial charge in [0.25, 0.3) is 5.91 Å². The van der Waals surface area contributed by atoms with E-state index in [0.29, 0.717) is 5.69 Å². The van der Waals surface area contributed by atoms with Crippen LogP contribution in [0.4, 0.5) is 5.69 Å². The van der Waals surface area contributed by atoms with Crippen LogP contribution < -0.4 is 10.1 Å². The van der Waals surface area contributed by atoms with Crippen LogP contribution in [-0.2, 0) is 4.79 Å². The van der Waals surface area contributed by atoms with Crippen LogP contribution in [0.3, 0.4) is 0 Å². The third kappa shape index (κ3) is 4.54. The molecule has 3 nitrogen and oxygen atoms in total. The van der Waals surface area contributed by atoms with Gasteiger partial charge in [0.1, 0.15) is 10.0 Å². The van der Waals surface area contributed by atoms with Gasteiger partial charge in [-0.3, -0.25) is 4.79 Å². The fourth-order valence-electron chi connectivity index (χ4n) is 1.80. The van der Waals surface area contributed by atoms with E-state index >= 15 is 0 Å². The van der Waals surface area contributed by atoms with Gasteiger partial charge in [-0.2, -0.15) is 0 Å². The van der Waals surface area contributed by atoms with Gasteiger partial charge in [-0.15, -0.1) is 0 Å². The van der Waals surface area contributed by atoms with Crippen molar-refractivity contribution in [2.24, 2.45) is 0 Å². The van der Waals surface area contributed by atoms with Crippen molar-refractivity contribution < 1.29 is 9.53 Å². The van der Waals surface area contributed by atoms with E-state index in [-0.39, 0.29) is 43.4 Å². The summed E-state index contributed by atoms with van der Waals surface area (Å²) in [6.07, 6.45) is 0. The van der Waals surface area contributed by atoms with E-state index in [0.717, 1.165) is 9.13 Å². The average molecular weight is 539 g/mol. The van der Waals surface area contributed by atoms with Gasteiger partial charge in [0.05, 0.1) is 15.1 Å². The van der Waals surface area contributed by atoms with Crippen LogP contribution in [0, 0.1) is 10.5 Å². The van der Waals surface area contributed by atoms with Crippen LogP contribution >= 0.6 is 80.6 Å². The number of hydrogen-bond acceptors (Lipinski definition) is 2. The third-order valence-electron chi connectivity index (χ3n) is 2.98. The maximum Gasteiger partial charge on any atom is 0.262 e. The lowest BCUT2D eigenvalue weighted by molar-refractivity contribution is -0.118. The Bertz CT molecular complexity index is 784. The summed E-state index contributed by atoms with van der Waals surface area (Å²) in [6, 6.07) is 5.64. The minimum atomic E-state index is -0.381. The summed E-state index contributed by atoms with van der Waals surface area (Å²) in [5.74, 6) is -0.374. The summed E-state index contributed by atoms with van der Waals surface area (Å²) in [4.78, 5) is 12.1. The molecule has 0 aliphatic heterocycles. The summed E-state index contributed by atoms with van der Waals surface area (Å²) >= 11 is 32.1. The van der Waals surface area contributed by atoms with Gasteiger partial charge in [0, 0.05) is 9.26 Å². The summed E-state index contributed by atoms with van der Waals surface area (Å²) in [5, 5.41) is 2.78. The predicted octanol–water partition coefficient (Wildman–Crippen LogP) is 6.88. The second-order valence-electron chi connectivity index (χ2n) is 4.70. The number of benzene rings is 2. The molecule has 0 aromatic heterocycles. The molecular weight excluding hydrogens is 530 g/mol. The van der Waals surface area contributed by atoms with E-state index in [1.54, 1.807) is 0 Å². The van der Waals surface area contributed by atoms with Gasteiger partial charge in [-0.05, 0) is 53.3 Å². The number of ether oxygens (including phenoxy) is 1. The molecule has 9 heteroatoms. The topological polar surface area (TPSA) is 38.3 Å². The molecule has 2 aromatic rings. The number of carbonyl (C=O) groups is 1. The molecule has 2 aromatic carbocycles. The molecule has 1 amide bonds. The standard InChI is InChI=1S/C15H9Cl5INO2/c1-6-4-7(21)2-3-8(6)22-9(23)5-24-15-13(19)11(17)10(16)12(18)14(15)20/h2-4H,5H2,1H3,(H,22,23). The maximum atomic E-state index is 12.1. The third-order valence-corrected chi connectivity index (χ3v) is 5.89. The van der Waals surface area contributed by atoms with Crippen molar-refractivity contribution in [3.05, 3.63) is 52.4 Å². The van der Waals surface area contributed by atoms with Crippen molar-refractivity contribution >= 4 is 92.2 Å². The van der Waals surface area contributed by atoms with Crippen molar-refractivity contribution in [1.82, 2.24) is 0 Å². The maximum absolute atomic E-state index is 12.1. The predicted molar refractivity (Wildman–Crippen MR) is 110 cm³/mol. The zero-order chi connectivity index (χ0) is 18.0. The number of amides is 1. The van der Waals surface area contributed by atoms with E-state index in [4.69, 9.17) is 62.7 Å². The zero-order valence-corrected chi connectivity index (χ0v) is 18.0. The van der Waals surface area contributed by atoms with Gasteiger partial charge >= 0.3 is 0 Å². The molecule has 0 spiro atoms. The average Bonchev–Trinajstić information content (AvgIpc) is 2.53. The Morgan fingerprint density at radius 3 is 2.12 bits per heavy atom. The van der Waals surface area contributed by atoms with Crippen molar-refractivity contribution in [2.75, 3.05) is 11.9 Å². The summed E-state index contributed by atoms with van der Waals surface area (Å²) in [7, 11) is 0. The Kier molecular flexibility index (Phi) is 7.17. The Balaban J connectivity index is 2.12. The first-order valence-corrected chi connectivity index (χ1v) is 9.39. The summed E-state index contributed by atoms with van der Waals surface area (Å²) in [6.45, 7) is 1.57. The molecule has 2 rings (SSSR count). The fraction of sp³-hybridized carbons (Fsp3) is 0.133. The number of anilines is 1. The van der Waals surface area contributed by atoms with Crippen LogP contribution in [0.2, 0.25) is 25.1 Å². The molecule has 0 aliphatic carbocycles. The molecule has 0 unspecified atom stereocenters. The molecule has 0 bridgehead atoms. The highest BCUT2D eigenvalue weighted by Gasteiger charge is 2.21. The molecule has 1 N–H and O–H groups in total. The molecule has 0 aliphatic rings. The van der Waals surface area contributed by atoms with E-state index in [1.165, 1.54) is 0 Å². The first kappa shape index (κ1) is 20.2. The minimum Gasteiger partial charge on any atom is -0.481 e. The van der Waals surface area contributed by atoms with Gasteiger partial charge in [0.15, 0.2) is 12.4 Å². The van der Waals surface area contributed by atoms with Crippen molar-refractivity contribution in [2.45, 2.75) is 6.92 Å². The first-order valence-electron chi connectivity index (χ1n) is 6.42. The van der Waals surface area contributed by atoms with Crippen LogP contribution in [0.1, 0.15) is 5.56 Å². The molecule has 0 heterocycles. The van der Waals surface area contributed by atoms with Crippen LogP contribution in [0.15, 0.2) is 18.2 Å². The Morgan fingerprint density at radius 2 is 1.58 bits per heavy atom. The molecule has 0 fully saturated rings. The molecule has 0 radical (unpaired) electrons. The Labute approximate surface area is 177 Å². The number of aryl methyl sites for hydroxylation is 1. The molecule has 0 saturated carbocycles. The Morgan fingerprint density at radius 1 is 1.04 bits per heavy atom. The number of rotatable bonds is 4. The largest absolute Gasteiger partial charge is 0.481 e. The molecule has 128 valence electrons. The molecule has 0 atom stereocenters. The van der Waals surface area contributed by atoms with E-state index in [9.17, 15) is 4.79 Å². The Hall–Kier alpha value is -0.110. The van der Waals surface area contributed by atoms with Crippen LogP contribution in [-0.4, -0.2) is 12.5 Å². The van der Waals surface area contributed by atoms with Gasteiger partial charge in [0.2, 0.25) is 0 Å². The zero-order valence-electron chi connectivity index (χ0n) is 12.0. The van der Waals surface area contributed by atoms with Crippen molar-refractivity contribution in [1.29, 1.82) is 0 Å².